The minimum atomic E-state index is -3.20. The van der Waals surface area contributed by atoms with E-state index in [0.29, 0.717) is 13.1 Å². The molecule has 22 heavy (non-hydrogen) atoms. The van der Waals surface area contributed by atoms with Crippen LogP contribution in [0.1, 0.15) is 24.0 Å². The van der Waals surface area contributed by atoms with Crippen molar-refractivity contribution in [1.82, 2.24) is 9.62 Å². The molecule has 0 aromatic heterocycles. The predicted octanol–water partition coefficient (Wildman–Crippen LogP) is 1.85. The van der Waals surface area contributed by atoms with Crippen molar-refractivity contribution in [2.75, 3.05) is 24.7 Å². The van der Waals surface area contributed by atoms with Crippen molar-refractivity contribution in [2.24, 2.45) is 0 Å². The van der Waals surface area contributed by atoms with Gasteiger partial charge >= 0.3 is 6.03 Å². The summed E-state index contributed by atoms with van der Waals surface area (Å²) in [6.45, 7) is 4.75. The largest absolute Gasteiger partial charge is 0.334 e. The van der Waals surface area contributed by atoms with Gasteiger partial charge in [-0.15, -0.1) is 0 Å². The molecular weight excluding hydrogens is 302 g/mol. The van der Waals surface area contributed by atoms with E-state index >= 15 is 0 Å². The SMILES string of the molecule is Cc1ccc(C)c(NC(=O)NC2CCCN(S(C)(=O)=O)C2)c1. The van der Waals surface area contributed by atoms with Crippen molar-refractivity contribution in [3.05, 3.63) is 29.3 Å². The molecule has 1 aliphatic rings. The molecule has 1 atom stereocenters. The molecule has 2 amide bonds. The minimum Gasteiger partial charge on any atom is -0.334 e. The Morgan fingerprint density at radius 2 is 2.05 bits per heavy atom. The Labute approximate surface area is 131 Å². The van der Waals surface area contributed by atoms with Gasteiger partial charge in [0.05, 0.1) is 6.26 Å². The summed E-state index contributed by atoms with van der Waals surface area (Å²) in [7, 11) is -3.20. The van der Waals surface area contributed by atoms with Crippen LogP contribution in [0.5, 0.6) is 0 Å². The number of carbonyl (C=O) groups excluding carboxylic acids is 1. The average Bonchev–Trinajstić information content (AvgIpc) is 2.42. The first-order valence-electron chi connectivity index (χ1n) is 7.35. The quantitative estimate of drug-likeness (QED) is 0.890. The lowest BCUT2D eigenvalue weighted by molar-refractivity contribution is 0.236. The molecule has 122 valence electrons. The van der Waals surface area contributed by atoms with Crippen LogP contribution in [-0.4, -0.2) is 44.1 Å². The zero-order chi connectivity index (χ0) is 16.3. The van der Waals surface area contributed by atoms with Crippen LogP contribution < -0.4 is 10.6 Å². The number of urea groups is 1. The number of carbonyl (C=O) groups is 1. The second-order valence-corrected chi connectivity index (χ2v) is 7.86. The highest BCUT2D eigenvalue weighted by Crippen LogP contribution is 2.17. The van der Waals surface area contributed by atoms with Crippen LogP contribution in [-0.2, 0) is 10.0 Å². The van der Waals surface area contributed by atoms with E-state index in [1.807, 2.05) is 32.0 Å². The van der Waals surface area contributed by atoms with Crippen molar-refractivity contribution in [2.45, 2.75) is 32.7 Å². The highest BCUT2D eigenvalue weighted by molar-refractivity contribution is 7.88. The number of sulfonamides is 1. The van der Waals surface area contributed by atoms with E-state index in [2.05, 4.69) is 10.6 Å². The number of rotatable bonds is 3. The Kier molecular flexibility index (Phi) is 5.08. The van der Waals surface area contributed by atoms with Crippen LogP contribution in [0, 0.1) is 13.8 Å². The Hall–Kier alpha value is -1.60. The van der Waals surface area contributed by atoms with E-state index in [-0.39, 0.29) is 12.1 Å². The van der Waals surface area contributed by atoms with Gasteiger partial charge in [-0.2, -0.15) is 0 Å². The van der Waals surface area contributed by atoms with Crippen LogP contribution in [0.2, 0.25) is 0 Å². The molecule has 1 aromatic carbocycles. The highest BCUT2D eigenvalue weighted by atomic mass is 32.2. The van der Waals surface area contributed by atoms with Gasteiger partial charge < -0.3 is 10.6 Å². The minimum absolute atomic E-state index is 0.159. The monoisotopic (exact) mass is 325 g/mol. The first-order valence-corrected chi connectivity index (χ1v) is 9.20. The molecule has 1 heterocycles. The van der Waals surface area contributed by atoms with Crippen molar-refractivity contribution in [3.63, 3.8) is 0 Å². The van der Waals surface area contributed by atoms with Gasteiger partial charge in [0.15, 0.2) is 0 Å². The second kappa shape index (κ2) is 6.66. The molecule has 7 heteroatoms. The van der Waals surface area contributed by atoms with E-state index in [1.54, 1.807) is 0 Å². The number of anilines is 1. The summed E-state index contributed by atoms with van der Waals surface area (Å²) in [6, 6.07) is 5.40. The fourth-order valence-corrected chi connectivity index (χ4v) is 3.49. The van der Waals surface area contributed by atoms with Gasteiger partial charge in [-0.1, -0.05) is 12.1 Å². The third-order valence-corrected chi connectivity index (χ3v) is 5.10. The van der Waals surface area contributed by atoms with Crippen molar-refractivity contribution < 1.29 is 13.2 Å². The number of nitrogens with zero attached hydrogens (tertiary/aromatic N) is 1. The van der Waals surface area contributed by atoms with Gasteiger partial charge in [0.1, 0.15) is 0 Å². The Morgan fingerprint density at radius 1 is 1.32 bits per heavy atom. The molecule has 0 aliphatic carbocycles. The fraction of sp³-hybridized carbons (Fsp3) is 0.533. The number of hydrogen-bond donors (Lipinski definition) is 2. The second-order valence-electron chi connectivity index (χ2n) is 5.88. The summed E-state index contributed by atoms with van der Waals surface area (Å²) < 4.78 is 24.6. The van der Waals surface area contributed by atoms with Crippen molar-refractivity contribution in [3.8, 4) is 0 Å². The molecule has 1 unspecified atom stereocenters. The fourth-order valence-electron chi connectivity index (χ4n) is 2.58. The van der Waals surface area contributed by atoms with Crippen LogP contribution in [0.15, 0.2) is 18.2 Å². The smallest absolute Gasteiger partial charge is 0.319 e. The predicted molar refractivity (Wildman–Crippen MR) is 87.5 cm³/mol. The number of piperidine rings is 1. The summed E-state index contributed by atoms with van der Waals surface area (Å²) in [4.78, 5) is 12.1. The molecule has 2 rings (SSSR count). The van der Waals surface area contributed by atoms with E-state index in [9.17, 15) is 13.2 Å². The normalized spacial score (nSPS) is 19.7. The maximum Gasteiger partial charge on any atom is 0.319 e. The first kappa shape index (κ1) is 16.8. The molecule has 1 aromatic rings. The van der Waals surface area contributed by atoms with Crippen LogP contribution in [0.4, 0.5) is 10.5 Å². The maximum atomic E-state index is 12.1. The zero-order valence-electron chi connectivity index (χ0n) is 13.2. The number of benzene rings is 1. The summed E-state index contributed by atoms with van der Waals surface area (Å²) in [5.41, 5.74) is 2.83. The van der Waals surface area contributed by atoms with Gasteiger partial charge in [0.25, 0.3) is 0 Å². The van der Waals surface area contributed by atoms with Crippen LogP contribution in [0.3, 0.4) is 0 Å². The Balaban J connectivity index is 1.96. The molecule has 6 nitrogen and oxygen atoms in total. The summed E-state index contributed by atoms with van der Waals surface area (Å²) in [5, 5.41) is 5.69. The molecule has 0 spiro atoms. The van der Waals surface area contributed by atoms with E-state index in [1.165, 1.54) is 10.6 Å². The molecular formula is C15H23N3O3S. The first-order chi connectivity index (χ1) is 10.3. The zero-order valence-corrected chi connectivity index (χ0v) is 14.0. The van der Waals surface area contributed by atoms with Gasteiger partial charge in [-0.3, -0.25) is 0 Å². The van der Waals surface area contributed by atoms with Crippen molar-refractivity contribution in [1.29, 1.82) is 0 Å². The van der Waals surface area contributed by atoms with E-state index in [0.717, 1.165) is 29.7 Å². The molecule has 1 aliphatic heterocycles. The molecule has 0 saturated carbocycles. The summed E-state index contributed by atoms with van der Waals surface area (Å²) in [6.07, 6.45) is 2.74. The molecule has 0 bridgehead atoms. The molecule has 2 N–H and O–H groups in total. The van der Waals surface area contributed by atoms with Gasteiger partial charge in [0, 0.05) is 24.8 Å². The maximum absolute atomic E-state index is 12.1. The standard InChI is InChI=1S/C15H23N3O3S/c1-11-6-7-12(2)14(9-11)17-15(19)16-13-5-4-8-18(10-13)22(3,20)21/h6-7,9,13H,4-5,8,10H2,1-3H3,(H2,16,17,19). The van der Waals surface area contributed by atoms with Crippen LogP contribution in [0.25, 0.3) is 0 Å². The number of amides is 2. The number of aryl methyl sites for hydroxylation is 2. The third kappa shape index (κ3) is 4.45. The number of hydrogen-bond acceptors (Lipinski definition) is 3. The molecule has 1 saturated heterocycles. The Morgan fingerprint density at radius 3 is 2.73 bits per heavy atom. The van der Waals surface area contributed by atoms with E-state index in [4.69, 9.17) is 0 Å². The lowest BCUT2D eigenvalue weighted by Gasteiger charge is -2.31. The molecule has 0 radical (unpaired) electrons. The van der Waals surface area contributed by atoms with Gasteiger partial charge in [0.2, 0.25) is 10.0 Å². The average molecular weight is 325 g/mol. The summed E-state index contributed by atoms with van der Waals surface area (Å²) >= 11 is 0. The Bertz CT molecular complexity index is 658. The topological polar surface area (TPSA) is 78.5 Å². The molecule has 1 fully saturated rings. The lowest BCUT2D eigenvalue weighted by Crippen LogP contribution is -2.50. The summed E-state index contributed by atoms with van der Waals surface area (Å²) in [5.74, 6) is 0. The van der Waals surface area contributed by atoms with Crippen LogP contribution >= 0.6 is 0 Å². The van der Waals surface area contributed by atoms with E-state index < -0.39 is 10.0 Å². The van der Waals surface area contributed by atoms with Gasteiger partial charge in [-0.05, 0) is 43.9 Å². The highest BCUT2D eigenvalue weighted by Gasteiger charge is 2.26. The third-order valence-electron chi connectivity index (χ3n) is 3.83. The van der Waals surface area contributed by atoms with Gasteiger partial charge in [-0.25, -0.2) is 17.5 Å². The van der Waals surface area contributed by atoms with Crippen molar-refractivity contribution >= 4 is 21.7 Å². The number of nitrogens with one attached hydrogen (secondary N) is 2. The lowest BCUT2D eigenvalue weighted by atomic mass is 10.1.